The highest BCUT2D eigenvalue weighted by Gasteiger charge is 2.10. The zero-order valence-electron chi connectivity index (χ0n) is 9.99. The molecule has 0 radical (unpaired) electrons. The normalized spacial score (nSPS) is 10.3. The fourth-order valence-corrected chi connectivity index (χ4v) is 1.57. The van der Waals surface area contributed by atoms with Gasteiger partial charge in [-0.3, -0.25) is 4.79 Å². The van der Waals surface area contributed by atoms with Crippen LogP contribution in [0.25, 0.3) is 0 Å². The summed E-state index contributed by atoms with van der Waals surface area (Å²) in [6, 6.07) is 0. The van der Waals surface area contributed by atoms with Crippen molar-refractivity contribution in [3.63, 3.8) is 0 Å². The molecule has 0 amide bonds. The molecule has 1 rings (SSSR count). The molecule has 17 heavy (non-hydrogen) atoms. The number of halogens is 1. The average Bonchev–Trinajstić information content (AvgIpc) is 2.28. The molecule has 0 aliphatic carbocycles. The van der Waals surface area contributed by atoms with Crippen molar-refractivity contribution in [3.05, 3.63) is 16.5 Å². The highest BCUT2D eigenvalue weighted by Crippen LogP contribution is 2.18. The van der Waals surface area contributed by atoms with Crippen molar-refractivity contribution in [1.82, 2.24) is 9.97 Å². The molecule has 0 aliphatic heterocycles. The van der Waals surface area contributed by atoms with Gasteiger partial charge in [-0.25, -0.2) is 9.97 Å². The third-order valence-electron chi connectivity index (χ3n) is 2.09. The van der Waals surface area contributed by atoms with E-state index < -0.39 is 0 Å². The predicted molar refractivity (Wildman–Crippen MR) is 66.8 cm³/mol. The first kappa shape index (κ1) is 13.9. The Hall–Kier alpha value is -1.20. The zero-order valence-corrected chi connectivity index (χ0v) is 10.8. The van der Waals surface area contributed by atoms with Crippen molar-refractivity contribution in [2.45, 2.75) is 20.3 Å². The largest absolute Gasteiger partial charge is 0.382 e. The standard InChI is InChI=1S/C11H16ClN3O2/c1-3-17-6-4-5-13-11-9(7-16)10(12)14-8(2)15-11/h7H,3-6H2,1-2H3,(H,13,14,15). The summed E-state index contributed by atoms with van der Waals surface area (Å²) in [6.45, 7) is 5.74. The summed E-state index contributed by atoms with van der Waals surface area (Å²) in [5, 5.41) is 3.24. The van der Waals surface area contributed by atoms with Gasteiger partial charge in [0.25, 0.3) is 0 Å². The second-order valence-electron chi connectivity index (χ2n) is 3.42. The van der Waals surface area contributed by atoms with Gasteiger partial charge in [-0.15, -0.1) is 0 Å². The molecule has 0 spiro atoms. The summed E-state index contributed by atoms with van der Waals surface area (Å²) < 4.78 is 5.21. The summed E-state index contributed by atoms with van der Waals surface area (Å²) in [4.78, 5) is 18.9. The molecule has 1 aromatic heterocycles. The van der Waals surface area contributed by atoms with Gasteiger partial charge in [0.2, 0.25) is 0 Å². The first-order chi connectivity index (χ1) is 8.19. The Bertz CT molecular complexity index is 385. The number of carbonyl (C=O) groups is 1. The fourth-order valence-electron chi connectivity index (χ4n) is 1.31. The van der Waals surface area contributed by atoms with Crippen LogP contribution in [-0.2, 0) is 4.74 Å². The molecule has 0 bridgehead atoms. The molecule has 94 valence electrons. The van der Waals surface area contributed by atoms with Crippen LogP contribution >= 0.6 is 11.6 Å². The molecule has 0 atom stereocenters. The number of hydrogen-bond acceptors (Lipinski definition) is 5. The van der Waals surface area contributed by atoms with Crippen molar-refractivity contribution in [3.8, 4) is 0 Å². The lowest BCUT2D eigenvalue weighted by Crippen LogP contribution is -2.10. The Kier molecular flexibility index (Phi) is 5.86. The topological polar surface area (TPSA) is 64.1 Å². The number of aromatic nitrogens is 2. The molecule has 0 fully saturated rings. The van der Waals surface area contributed by atoms with E-state index >= 15 is 0 Å². The van der Waals surface area contributed by atoms with Gasteiger partial charge in [0, 0.05) is 19.8 Å². The molecule has 1 heterocycles. The molecule has 0 aromatic carbocycles. The van der Waals surface area contributed by atoms with Crippen LogP contribution in [0, 0.1) is 6.92 Å². The number of carbonyl (C=O) groups excluding carboxylic acids is 1. The van der Waals surface area contributed by atoms with E-state index in [-0.39, 0.29) is 5.15 Å². The third-order valence-corrected chi connectivity index (χ3v) is 2.38. The van der Waals surface area contributed by atoms with Gasteiger partial charge >= 0.3 is 0 Å². The Morgan fingerprint density at radius 1 is 1.47 bits per heavy atom. The third kappa shape index (κ3) is 4.28. The monoisotopic (exact) mass is 257 g/mol. The number of rotatable bonds is 7. The summed E-state index contributed by atoms with van der Waals surface area (Å²) in [5.41, 5.74) is 0.300. The number of ether oxygens (including phenoxy) is 1. The second kappa shape index (κ2) is 7.19. The Balaban J connectivity index is 2.60. The SMILES string of the molecule is CCOCCCNc1nc(C)nc(Cl)c1C=O. The van der Waals surface area contributed by atoms with E-state index in [0.29, 0.717) is 43.3 Å². The number of aldehydes is 1. The van der Waals surface area contributed by atoms with Gasteiger partial charge in [-0.1, -0.05) is 11.6 Å². The zero-order chi connectivity index (χ0) is 12.7. The highest BCUT2D eigenvalue weighted by molar-refractivity contribution is 6.32. The van der Waals surface area contributed by atoms with Crippen LogP contribution in [0.5, 0.6) is 0 Å². The second-order valence-corrected chi connectivity index (χ2v) is 3.78. The van der Waals surface area contributed by atoms with E-state index in [4.69, 9.17) is 16.3 Å². The number of anilines is 1. The van der Waals surface area contributed by atoms with Crippen LogP contribution in [0.4, 0.5) is 5.82 Å². The lowest BCUT2D eigenvalue weighted by atomic mass is 10.3. The van der Waals surface area contributed by atoms with E-state index in [9.17, 15) is 4.79 Å². The fraction of sp³-hybridized carbons (Fsp3) is 0.545. The maximum atomic E-state index is 10.9. The molecule has 0 saturated carbocycles. The van der Waals surface area contributed by atoms with Crippen LogP contribution in [0.15, 0.2) is 0 Å². The van der Waals surface area contributed by atoms with Crippen LogP contribution in [-0.4, -0.2) is 36.0 Å². The number of aryl methyl sites for hydroxylation is 1. The van der Waals surface area contributed by atoms with Crippen LogP contribution in [0.3, 0.4) is 0 Å². The van der Waals surface area contributed by atoms with Crippen LogP contribution in [0.1, 0.15) is 29.5 Å². The molecular weight excluding hydrogens is 242 g/mol. The lowest BCUT2D eigenvalue weighted by Gasteiger charge is -2.09. The Morgan fingerprint density at radius 2 is 2.24 bits per heavy atom. The van der Waals surface area contributed by atoms with Gasteiger partial charge in [0.1, 0.15) is 16.8 Å². The summed E-state index contributed by atoms with van der Waals surface area (Å²) >= 11 is 5.85. The van der Waals surface area contributed by atoms with E-state index in [0.717, 1.165) is 6.42 Å². The van der Waals surface area contributed by atoms with Gasteiger partial charge in [0.05, 0.1) is 5.56 Å². The van der Waals surface area contributed by atoms with Gasteiger partial charge in [-0.05, 0) is 20.3 Å². The summed E-state index contributed by atoms with van der Waals surface area (Å²) in [5.74, 6) is 1.02. The van der Waals surface area contributed by atoms with E-state index in [2.05, 4.69) is 15.3 Å². The summed E-state index contributed by atoms with van der Waals surface area (Å²) in [6.07, 6.45) is 1.50. The Labute approximate surface area is 106 Å². The minimum Gasteiger partial charge on any atom is -0.382 e. The highest BCUT2D eigenvalue weighted by atomic mass is 35.5. The smallest absolute Gasteiger partial charge is 0.156 e. The molecule has 1 N–H and O–H groups in total. The average molecular weight is 258 g/mol. The molecule has 0 saturated heterocycles. The first-order valence-corrected chi connectivity index (χ1v) is 5.87. The van der Waals surface area contributed by atoms with Gasteiger partial charge in [-0.2, -0.15) is 0 Å². The van der Waals surface area contributed by atoms with Crippen molar-refractivity contribution in [1.29, 1.82) is 0 Å². The first-order valence-electron chi connectivity index (χ1n) is 5.50. The van der Waals surface area contributed by atoms with Gasteiger partial charge < -0.3 is 10.1 Å². The minimum absolute atomic E-state index is 0.180. The number of nitrogens with one attached hydrogen (secondary N) is 1. The van der Waals surface area contributed by atoms with E-state index in [1.54, 1.807) is 6.92 Å². The minimum atomic E-state index is 0.180. The maximum Gasteiger partial charge on any atom is 0.156 e. The van der Waals surface area contributed by atoms with Crippen molar-refractivity contribution >= 4 is 23.7 Å². The maximum absolute atomic E-state index is 10.9. The number of hydrogen-bond donors (Lipinski definition) is 1. The summed E-state index contributed by atoms with van der Waals surface area (Å²) in [7, 11) is 0. The molecule has 1 aromatic rings. The molecular formula is C11H16ClN3O2. The van der Waals surface area contributed by atoms with Crippen molar-refractivity contribution < 1.29 is 9.53 Å². The lowest BCUT2D eigenvalue weighted by molar-refractivity contribution is 0.112. The molecule has 5 nitrogen and oxygen atoms in total. The quantitative estimate of drug-likeness (QED) is 0.460. The van der Waals surface area contributed by atoms with Crippen molar-refractivity contribution in [2.75, 3.05) is 25.1 Å². The van der Waals surface area contributed by atoms with E-state index in [1.165, 1.54) is 0 Å². The molecule has 0 aliphatic rings. The Morgan fingerprint density at radius 3 is 2.88 bits per heavy atom. The van der Waals surface area contributed by atoms with Crippen LogP contribution < -0.4 is 5.32 Å². The molecule has 6 heteroatoms. The molecule has 0 unspecified atom stereocenters. The van der Waals surface area contributed by atoms with Gasteiger partial charge in [0.15, 0.2) is 6.29 Å². The number of nitrogens with zero attached hydrogens (tertiary/aromatic N) is 2. The predicted octanol–water partition coefficient (Wildman–Crippen LogP) is 2.09. The van der Waals surface area contributed by atoms with Crippen molar-refractivity contribution in [2.24, 2.45) is 0 Å². The van der Waals surface area contributed by atoms with E-state index in [1.807, 2.05) is 6.92 Å². The van der Waals surface area contributed by atoms with Crippen LogP contribution in [0.2, 0.25) is 5.15 Å².